The molecule has 618 valence electrons. The number of benzene rings is 22. The topological polar surface area (TPSA) is 71.3 Å². The minimum atomic E-state index is -0.120. The fraction of sp³-hybridized carbons (Fsp3) is 0.0240. The first kappa shape index (κ1) is 74.6. The molecule has 8 heteroatoms. The number of rotatable bonds is 8. The fourth-order valence-electron chi connectivity index (χ4n) is 22.5. The molecule has 0 amide bonds. The van der Waals surface area contributed by atoms with Crippen molar-refractivity contribution >= 4 is 184 Å². The Balaban J connectivity index is 0.000000133. The maximum Gasteiger partial charge on any atom is 0.161 e. The molecule has 8 nitrogen and oxygen atoms in total. The van der Waals surface area contributed by atoms with Gasteiger partial charge in [-0.1, -0.05) is 305 Å². The van der Waals surface area contributed by atoms with Crippen LogP contribution >= 0.6 is 0 Å². The van der Waals surface area contributed by atoms with Crippen LogP contribution < -0.4 is 0 Å². The molecule has 1 aliphatic carbocycles. The van der Waals surface area contributed by atoms with E-state index in [9.17, 15) is 0 Å². The lowest BCUT2D eigenvalue weighted by Crippen LogP contribution is -2.15. The Hall–Kier alpha value is -17.5. The van der Waals surface area contributed by atoms with E-state index in [2.05, 4.69) is 469 Å². The van der Waals surface area contributed by atoms with Crippen LogP contribution in [0.15, 0.2) is 437 Å². The Kier molecular flexibility index (Phi) is 16.1. The fourth-order valence-corrected chi connectivity index (χ4v) is 22.5. The van der Waals surface area contributed by atoms with Gasteiger partial charge >= 0.3 is 0 Å². The zero-order valence-corrected chi connectivity index (χ0v) is 72.6. The lowest BCUT2D eigenvalue weighted by Gasteiger charge is -2.22. The molecule has 0 atom stereocenters. The molecule has 6 heterocycles. The third-order valence-corrected chi connectivity index (χ3v) is 28.7. The molecule has 0 N–H and O–H groups in total. The molecule has 0 spiro atoms. The summed E-state index contributed by atoms with van der Waals surface area (Å²) < 4.78 is 9.72. The number of aromatic nitrogens is 8. The molecule has 0 radical (unpaired) electrons. The highest BCUT2D eigenvalue weighted by molar-refractivity contribution is 6.24. The molecule has 133 heavy (non-hydrogen) atoms. The van der Waals surface area contributed by atoms with E-state index >= 15 is 0 Å². The maximum absolute atomic E-state index is 5.49. The largest absolute Gasteiger partial charge is 0.309 e. The summed E-state index contributed by atoms with van der Waals surface area (Å²) in [5.74, 6) is 1.42. The predicted octanol–water partition coefficient (Wildman–Crippen LogP) is 32.7. The van der Waals surface area contributed by atoms with Crippen LogP contribution in [-0.4, -0.2) is 38.2 Å². The standard InChI is InChI=1S/C65H42N4.C60H36N4/c1-65(2)54-23-11-7-18-46(54)47-31-28-41(37-55(47)65)63-51-21-8-12-24-56(51)66-64(67-63)50-32-34-59(48-19-6-5-17-45(48)50)69-57-25-13-9-20-49(57)53-36-42-35-43(30-27-40(42)38-61(53)69)68-58-26-14-10-22-52(58)62-44-16-4-3-15-39(44)29-33-60(62)68;1-3-13-46-37(11-1)21-22-39-23-24-42(34-51(39)46)59-49-16-5-8-18-53(49)61-60(62-59)40-25-29-44(30-26-40)63-54-19-9-6-15-48(54)52-35-43-33-45(31-27-41(43)36-57(52)63)64-55-20-10-7-17-50(55)58-47-14-4-2-12-38(47)28-32-56(58)64/h3-38H,1-2H3;1-36H. The van der Waals surface area contributed by atoms with Crippen molar-refractivity contribution in [2.75, 3.05) is 0 Å². The quantitative estimate of drug-likeness (QED) is 0.142. The van der Waals surface area contributed by atoms with Crippen molar-refractivity contribution in [2.24, 2.45) is 0 Å². The second-order valence-electron chi connectivity index (χ2n) is 36.3. The minimum absolute atomic E-state index is 0.120. The van der Waals surface area contributed by atoms with Gasteiger partial charge in [0.05, 0.1) is 72.2 Å². The van der Waals surface area contributed by atoms with Crippen LogP contribution in [0.4, 0.5) is 0 Å². The highest BCUT2D eigenvalue weighted by Gasteiger charge is 2.36. The summed E-state index contributed by atoms with van der Waals surface area (Å²) in [4.78, 5) is 21.2. The number of fused-ring (bicyclic) bond motifs is 27. The summed E-state index contributed by atoms with van der Waals surface area (Å²) in [7, 11) is 0. The van der Waals surface area contributed by atoms with Gasteiger partial charge < -0.3 is 18.3 Å². The number of para-hydroxylation sites is 6. The molecule has 6 aromatic heterocycles. The Morgan fingerprint density at radius 3 is 1.18 bits per heavy atom. The van der Waals surface area contributed by atoms with Crippen LogP contribution in [0.3, 0.4) is 0 Å². The third-order valence-electron chi connectivity index (χ3n) is 28.7. The van der Waals surface area contributed by atoms with Crippen molar-refractivity contribution in [3.63, 3.8) is 0 Å². The van der Waals surface area contributed by atoms with Crippen LogP contribution in [0.1, 0.15) is 25.0 Å². The molecule has 0 saturated carbocycles. The zero-order chi connectivity index (χ0) is 87.4. The van der Waals surface area contributed by atoms with Crippen molar-refractivity contribution in [3.8, 4) is 79.2 Å². The molecule has 0 saturated heterocycles. The van der Waals surface area contributed by atoms with Crippen LogP contribution in [0, 0.1) is 0 Å². The minimum Gasteiger partial charge on any atom is -0.309 e. The predicted molar refractivity (Wildman–Crippen MR) is 558 cm³/mol. The van der Waals surface area contributed by atoms with Crippen molar-refractivity contribution in [2.45, 2.75) is 19.3 Å². The van der Waals surface area contributed by atoms with Gasteiger partial charge in [-0.05, 0) is 238 Å². The molecule has 1 aliphatic rings. The zero-order valence-electron chi connectivity index (χ0n) is 72.6. The summed E-state index contributed by atoms with van der Waals surface area (Å²) >= 11 is 0. The number of hydrogen-bond donors (Lipinski definition) is 0. The van der Waals surface area contributed by atoms with Crippen LogP contribution in [0.2, 0.25) is 0 Å². The Labute approximate surface area is 763 Å². The van der Waals surface area contributed by atoms with E-state index in [1.165, 1.54) is 174 Å². The van der Waals surface area contributed by atoms with Gasteiger partial charge in [-0.3, -0.25) is 0 Å². The summed E-state index contributed by atoms with van der Waals surface area (Å²) in [6.07, 6.45) is 0. The highest BCUT2D eigenvalue weighted by atomic mass is 15.0. The van der Waals surface area contributed by atoms with E-state index in [1.54, 1.807) is 0 Å². The first-order valence-electron chi connectivity index (χ1n) is 45.8. The molecule has 0 unspecified atom stereocenters. The van der Waals surface area contributed by atoms with Crippen LogP contribution in [0.5, 0.6) is 0 Å². The van der Waals surface area contributed by atoms with Gasteiger partial charge in [-0.2, -0.15) is 0 Å². The van der Waals surface area contributed by atoms with Gasteiger partial charge in [0.2, 0.25) is 0 Å². The Morgan fingerprint density at radius 1 is 0.188 bits per heavy atom. The van der Waals surface area contributed by atoms with Gasteiger partial charge in [0.25, 0.3) is 0 Å². The molecule has 0 bridgehead atoms. The summed E-state index contributed by atoms with van der Waals surface area (Å²) in [5, 5.41) is 29.1. The highest BCUT2D eigenvalue weighted by Crippen LogP contribution is 2.52. The molecule has 28 aromatic rings. The maximum atomic E-state index is 5.49. The van der Waals surface area contributed by atoms with Gasteiger partial charge in [0, 0.05) is 104 Å². The normalized spacial score (nSPS) is 12.6. The van der Waals surface area contributed by atoms with Crippen molar-refractivity contribution < 1.29 is 0 Å². The van der Waals surface area contributed by atoms with E-state index in [-0.39, 0.29) is 5.41 Å². The van der Waals surface area contributed by atoms with Crippen molar-refractivity contribution in [1.29, 1.82) is 0 Å². The Bertz CT molecular complexity index is 9910. The number of hydrogen-bond acceptors (Lipinski definition) is 4. The lowest BCUT2D eigenvalue weighted by molar-refractivity contribution is 0.660. The van der Waals surface area contributed by atoms with Crippen LogP contribution in [0.25, 0.3) is 264 Å². The Morgan fingerprint density at radius 2 is 0.579 bits per heavy atom. The summed E-state index contributed by atoms with van der Waals surface area (Å²) in [5.41, 5.74) is 27.1. The molecule has 0 fully saturated rings. The van der Waals surface area contributed by atoms with Gasteiger partial charge in [0.15, 0.2) is 11.6 Å². The first-order valence-corrected chi connectivity index (χ1v) is 45.8. The summed E-state index contributed by atoms with van der Waals surface area (Å²) in [6, 6.07) is 159. The van der Waals surface area contributed by atoms with Crippen LogP contribution in [-0.2, 0) is 5.41 Å². The van der Waals surface area contributed by atoms with Gasteiger partial charge in [-0.25, -0.2) is 19.9 Å². The lowest BCUT2D eigenvalue weighted by atomic mass is 9.82. The van der Waals surface area contributed by atoms with E-state index < -0.39 is 0 Å². The average molecular weight is 1690 g/mol. The first-order chi connectivity index (χ1) is 65.7. The van der Waals surface area contributed by atoms with Gasteiger partial charge in [0.1, 0.15) is 0 Å². The van der Waals surface area contributed by atoms with Gasteiger partial charge in [-0.15, -0.1) is 0 Å². The monoisotopic (exact) mass is 1690 g/mol. The van der Waals surface area contributed by atoms with E-state index in [4.69, 9.17) is 19.9 Å². The third kappa shape index (κ3) is 11.3. The van der Waals surface area contributed by atoms with E-state index in [1.807, 2.05) is 0 Å². The molecule has 29 rings (SSSR count). The second-order valence-corrected chi connectivity index (χ2v) is 36.3. The smallest absolute Gasteiger partial charge is 0.161 e. The van der Waals surface area contributed by atoms with Crippen molar-refractivity contribution in [1.82, 2.24) is 38.2 Å². The average Bonchev–Trinajstić information content (AvgIpc) is 1.59. The molecular formula is C125H78N8. The SMILES string of the molecule is CC1(C)c2ccccc2-c2ccc(-c3nc(-c4ccc(-n5c6ccccc6c6cc7cc(-n8c9ccccc9c9c%10ccccc%10ccc98)ccc7cc65)c5ccccc45)nc4ccccc34)cc21.c1ccc2c(c1)ccc1ccc(-c3nc(-c4ccc(-n5c6ccccc6c6cc7cc(-n8c9ccccc9c9c%10ccccc%10ccc98)ccc7cc65)cc4)nc4ccccc34)cc12. The number of nitrogens with zero attached hydrogens (tertiary/aromatic N) is 8. The second kappa shape index (κ2) is 28.8. The van der Waals surface area contributed by atoms with E-state index in [0.29, 0.717) is 5.82 Å². The van der Waals surface area contributed by atoms with E-state index in [0.717, 1.165) is 94.8 Å². The summed E-state index contributed by atoms with van der Waals surface area (Å²) in [6.45, 7) is 4.67. The molecule has 0 aliphatic heterocycles. The van der Waals surface area contributed by atoms with Crippen molar-refractivity contribution in [3.05, 3.63) is 448 Å². The molecule has 22 aromatic carbocycles. The molecular weight excluding hydrogens is 1610 g/mol.